The predicted molar refractivity (Wildman–Crippen MR) is 76.8 cm³/mol. The minimum Gasteiger partial charge on any atom is -0.330 e. The van der Waals surface area contributed by atoms with Gasteiger partial charge >= 0.3 is 0 Å². The molecule has 0 aromatic rings. The highest BCUT2D eigenvalue weighted by molar-refractivity contribution is 4.49. The van der Waals surface area contributed by atoms with E-state index in [2.05, 4.69) is 5.32 Å². The maximum absolute atomic E-state index is 5.32. The second-order valence-corrected chi connectivity index (χ2v) is 4.03. The zero-order valence-electron chi connectivity index (χ0n) is 11.3. The van der Waals surface area contributed by atoms with Crippen molar-refractivity contribution in [3.05, 3.63) is 0 Å². The van der Waals surface area contributed by atoms with Crippen molar-refractivity contribution in [1.29, 1.82) is 0 Å². The van der Waals surface area contributed by atoms with Crippen molar-refractivity contribution >= 4 is 0 Å². The van der Waals surface area contributed by atoms with E-state index in [1.807, 2.05) is 0 Å². The van der Waals surface area contributed by atoms with Crippen LogP contribution in [0.1, 0.15) is 38.5 Å². The first-order chi connectivity index (χ1) is 8.33. The lowest BCUT2D eigenvalue weighted by atomic mass is 10.2. The van der Waals surface area contributed by atoms with Crippen LogP contribution in [0.4, 0.5) is 0 Å². The molecule has 5 nitrogen and oxygen atoms in total. The van der Waals surface area contributed by atoms with E-state index in [-0.39, 0.29) is 0 Å². The lowest BCUT2D eigenvalue weighted by Crippen LogP contribution is -2.19. The monoisotopic (exact) mass is 247 g/mol. The van der Waals surface area contributed by atoms with Gasteiger partial charge in [-0.25, -0.2) is 0 Å². The van der Waals surface area contributed by atoms with Crippen LogP contribution in [0.25, 0.3) is 0 Å². The molecule has 0 heterocycles. The van der Waals surface area contributed by atoms with Crippen molar-refractivity contribution in [2.75, 3.05) is 39.3 Å². The Morgan fingerprint density at radius 2 is 0.882 bits per heavy atom. The standard InChI is InChI=1S/C7H19N3.C5H14N2/c8-4-1-2-6-10-7-3-5-9;6-4-2-1-3-5-7/h10H,1-9H2;1-7H2. The first kappa shape index (κ1) is 19.1. The maximum atomic E-state index is 5.32. The molecule has 0 rings (SSSR count). The molecule has 17 heavy (non-hydrogen) atoms. The molecule has 0 aromatic heterocycles. The number of nitrogens with two attached hydrogens (primary N) is 4. The van der Waals surface area contributed by atoms with Crippen molar-refractivity contribution in [3.63, 3.8) is 0 Å². The summed E-state index contributed by atoms with van der Waals surface area (Å²) in [5.74, 6) is 0. The predicted octanol–water partition coefficient (Wildman–Crippen LogP) is -0.262. The van der Waals surface area contributed by atoms with E-state index in [1.54, 1.807) is 0 Å². The molecule has 0 unspecified atom stereocenters. The van der Waals surface area contributed by atoms with Crippen molar-refractivity contribution in [2.24, 2.45) is 22.9 Å². The van der Waals surface area contributed by atoms with Gasteiger partial charge in [0.25, 0.3) is 0 Å². The van der Waals surface area contributed by atoms with E-state index in [4.69, 9.17) is 22.9 Å². The van der Waals surface area contributed by atoms with Gasteiger partial charge in [0, 0.05) is 0 Å². The Labute approximate surface area is 107 Å². The summed E-state index contributed by atoms with van der Waals surface area (Å²) in [6.45, 7) is 5.32. The summed E-state index contributed by atoms with van der Waals surface area (Å²) < 4.78 is 0. The van der Waals surface area contributed by atoms with E-state index in [0.717, 1.165) is 65.0 Å². The Bertz CT molecular complexity index is 99.1. The van der Waals surface area contributed by atoms with Crippen LogP contribution >= 0.6 is 0 Å². The highest BCUT2D eigenvalue weighted by Gasteiger charge is 1.85. The van der Waals surface area contributed by atoms with Gasteiger partial charge in [0.15, 0.2) is 0 Å². The topological polar surface area (TPSA) is 116 Å². The third kappa shape index (κ3) is 25.8. The summed E-state index contributed by atoms with van der Waals surface area (Å²) >= 11 is 0. The first-order valence-electron chi connectivity index (χ1n) is 6.84. The summed E-state index contributed by atoms with van der Waals surface area (Å²) in [5.41, 5.74) is 21.1. The van der Waals surface area contributed by atoms with Crippen LogP contribution in [0.5, 0.6) is 0 Å². The zero-order chi connectivity index (χ0) is 13.2. The minimum absolute atomic E-state index is 0.782. The van der Waals surface area contributed by atoms with Gasteiger partial charge < -0.3 is 28.3 Å². The normalized spacial score (nSPS) is 9.88. The second kappa shape index (κ2) is 21.1. The van der Waals surface area contributed by atoms with Crippen LogP contribution in [0.3, 0.4) is 0 Å². The van der Waals surface area contributed by atoms with E-state index in [9.17, 15) is 0 Å². The van der Waals surface area contributed by atoms with Gasteiger partial charge in [-0.2, -0.15) is 0 Å². The number of rotatable bonds is 11. The van der Waals surface area contributed by atoms with Crippen LogP contribution in [0, 0.1) is 0 Å². The van der Waals surface area contributed by atoms with Crippen LogP contribution in [0.2, 0.25) is 0 Å². The first-order valence-corrected chi connectivity index (χ1v) is 6.84. The van der Waals surface area contributed by atoms with Gasteiger partial charge in [-0.15, -0.1) is 0 Å². The van der Waals surface area contributed by atoms with Crippen LogP contribution in [-0.4, -0.2) is 39.3 Å². The minimum atomic E-state index is 0.782. The summed E-state index contributed by atoms with van der Waals surface area (Å²) in [6.07, 6.45) is 6.81. The van der Waals surface area contributed by atoms with Gasteiger partial charge in [0.1, 0.15) is 0 Å². The molecular weight excluding hydrogens is 214 g/mol. The second-order valence-electron chi connectivity index (χ2n) is 4.03. The average molecular weight is 247 g/mol. The molecule has 0 atom stereocenters. The lowest BCUT2D eigenvalue weighted by Gasteiger charge is -2.01. The van der Waals surface area contributed by atoms with E-state index < -0.39 is 0 Å². The largest absolute Gasteiger partial charge is 0.330 e. The van der Waals surface area contributed by atoms with Crippen molar-refractivity contribution in [3.8, 4) is 0 Å². The van der Waals surface area contributed by atoms with Crippen LogP contribution in [0.15, 0.2) is 0 Å². The SMILES string of the molecule is NCCCCCN.NCCCCNCCCN. The molecule has 0 aromatic carbocycles. The molecular formula is C12H33N5. The molecule has 0 aliphatic rings. The quantitative estimate of drug-likeness (QED) is 0.323. The molecule has 0 saturated heterocycles. The Morgan fingerprint density at radius 1 is 0.471 bits per heavy atom. The lowest BCUT2D eigenvalue weighted by molar-refractivity contribution is 0.611. The van der Waals surface area contributed by atoms with Gasteiger partial charge in [0.05, 0.1) is 0 Å². The van der Waals surface area contributed by atoms with Crippen molar-refractivity contribution < 1.29 is 0 Å². The molecule has 0 radical (unpaired) electrons. The number of unbranched alkanes of at least 4 members (excludes halogenated alkanes) is 3. The number of hydrogen-bond donors (Lipinski definition) is 5. The molecule has 0 amide bonds. The molecule has 0 aliphatic heterocycles. The third-order valence-corrected chi connectivity index (χ3v) is 2.27. The van der Waals surface area contributed by atoms with E-state index in [1.165, 1.54) is 12.8 Å². The zero-order valence-corrected chi connectivity index (χ0v) is 11.3. The Kier molecular flexibility index (Phi) is 23.8. The fourth-order valence-corrected chi connectivity index (χ4v) is 1.21. The maximum Gasteiger partial charge on any atom is -0.00369 e. The molecule has 106 valence electrons. The summed E-state index contributed by atoms with van der Waals surface area (Å²) in [6, 6.07) is 0. The smallest absolute Gasteiger partial charge is 0.00369 e. The van der Waals surface area contributed by atoms with Gasteiger partial charge in [-0.1, -0.05) is 6.42 Å². The molecule has 9 N–H and O–H groups in total. The van der Waals surface area contributed by atoms with Crippen LogP contribution in [-0.2, 0) is 0 Å². The highest BCUT2D eigenvalue weighted by atomic mass is 14.8. The van der Waals surface area contributed by atoms with Crippen molar-refractivity contribution in [2.45, 2.75) is 38.5 Å². The van der Waals surface area contributed by atoms with Crippen molar-refractivity contribution in [1.82, 2.24) is 5.32 Å². The Morgan fingerprint density at radius 3 is 1.35 bits per heavy atom. The average Bonchev–Trinajstić information content (AvgIpc) is 2.35. The van der Waals surface area contributed by atoms with E-state index >= 15 is 0 Å². The fraction of sp³-hybridized carbons (Fsp3) is 1.00. The third-order valence-electron chi connectivity index (χ3n) is 2.27. The summed E-state index contributed by atoms with van der Waals surface area (Å²) in [5, 5.41) is 3.29. The Balaban J connectivity index is 0. The van der Waals surface area contributed by atoms with E-state index in [0.29, 0.717) is 0 Å². The number of nitrogens with one attached hydrogen (secondary N) is 1. The summed E-state index contributed by atoms with van der Waals surface area (Å²) in [7, 11) is 0. The van der Waals surface area contributed by atoms with Gasteiger partial charge in [-0.3, -0.25) is 0 Å². The molecule has 5 heteroatoms. The van der Waals surface area contributed by atoms with Crippen LogP contribution < -0.4 is 28.3 Å². The molecule has 0 fully saturated rings. The Hall–Kier alpha value is -0.200. The molecule has 0 saturated carbocycles. The fourth-order valence-electron chi connectivity index (χ4n) is 1.21. The number of hydrogen-bond acceptors (Lipinski definition) is 5. The van der Waals surface area contributed by atoms with Gasteiger partial charge in [0.2, 0.25) is 0 Å². The highest BCUT2D eigenvalue weighted by Crippen LogP contribution is 1.88. The van der Waals surface area contributed by atoms with Gasteiger partial charge in [-0.05, 0) is 71.4 Å². The molecule has 0 aliphatic carbocycles. The molecule has 0 spiro atoms. The molecule has 0 bridgehead atoms. The summed E-state index contributed by atoms with van der Waals surface area (Å²) in [4.78, 5) is 0.